The second-order valence-electron chi connectivity index (χ2n) is 7.19. The highest BCUT2D eigenvalue weighted by molar-refractivity contribution is 4.90. The monoisotopic (exact) mass is 284 g/mol. The Kier molecular flexibility index (Phi) is 5.84. The first-order valence-electron chi connectivity index (χ1n) is 8.22. The van der Waals surface area contributed by atoms with Crippen LogP contribution in [0.25, 0.3) is 0 Å². The molecular formula is C16H32N2O2. The van der Waals surface area contributed by atoms with Gasteiger partial charge in [-0.25, -0.2) is 0 Å². The van der Waals surface area contributed by atoms with Gasteiger partial charge in [-0.3, -0.25) is 0 Å². The summed E-state index contributed by atoms with van der Waals surface area (Å²) in [7, 11) is 0. The number of hydrogen-bond donors (Lipinski definition) is 2. The van der Waals surface area contributed by atoms with Gasteiger partial charge in [0.1, 0.15) is 0 Å². The molecule has 0 amide bonds. The van der Waals surface area contributed by atoms with Crippen LogP contribution in [-0.4, -0.2) is 61.5 Å². The summed E-state index contributed by atoms with van der Waals surface area (Å²) in [6.45, 7) is 12.6. The molecule has 4 nitrogen and oxygen atoms in total. The third-order valence-corrected chi connectivity index (χ3v) is 4.94. The smallest absolute Gasteiger partial charge is 0.0547 e. The molecule has 0 aromatic heterocycles. The first-order chi connectivity index (χ1) is 9.51. The summed E-state index contributed by atoms with van der Waals surface area (Å²) in [5, 5.41) is 13.3. The lowest BCUT2D eigenvalue weighted by molar-refractivity contribution is 0.0471. The number of ether oxygens (including phenoxy) is 1. The molecule has 2 aliphatic rings. The Morgan fingerprint density at radius 3 is 2.50 bits per heavy atom. The summed E-state index contributed by atoms with van der Waals surface area (Å²) in [4.78, 5) is 2.58. The van der Waals surface area contributed by atoms with Crippen molar-refractivity contribution in [1.82, 2.24) is 10.2 Å². The Bertz CT molecular complexity index is 280. The third kappa shape index (κ3) is 4.42. The first kappa shape index (κ1) is 16.2. The topological polar surface area (TPSA) is 44.7 Å². The second-order valence-corrected chi connectivity index (χ2v) is 7.19. The van der Waals surface area contributed by atoms with Crippen LogP contribution < -0.4 is 5.32 Å². The standard InChI is InChI=1S/C16H32N2O2/c1-13(2)17-10-16(6-9-20-12-16)11-18-7-4-15(5-8-18)14(3)19/h13-15,17,19H,4-12H2,1-3H3. The summed E-state index contributed by atoms with van der Waals surface area (Å²) < 4.78 is 5.69. The number of hydrogen-bond acceptors (Lipinski definition) is 4. The van der Waals surface area contributed by atoms with Crippen LogP contribution in [0.5, 0.6) is 0 Å². The van der Waals surface area contributed by atoms with E-state index >= 15 is 0 Å². The molecule has 0 spiro atoms. The molecule has 2 fully saturated rings. The lowest BCUT2D eigenvalue weighted by Crippen LogP contribution is -2.48. The van der Waals surface area contributed by atoms with Crippen molar-refractivity contribution < 1.29 is 9.84 Å². The van der Waals surface area contributed by atoms with Crippen molar-refractivity contribution in [3.63, 3.8) is 0 Å². The van der Waals surface area contributed by atoms with Gasteiger partial charge in [0.25, 0.3) is 0 Å². The SMILES string of the molecule is CC(C)NCC1(CN2CCC(C(C)O)CC2)CCOC1. The zero-order valence-corrected chi connectivity index (χ0v) is 13.4. The summed E-state index contributed by atoms with van der Waals surface area (Å²) in [6, 6.07) is 0.536. The lowest BCUT2D eigenvalue weighted by atomic mass is 9.84. The van der Waals surface area contributed by atoms with E-state index in [0.717, 1.165) is 52.2 Å². The number of nitrogens with zero attached hydrogens (tertiary/aromatic N) is 1. The molecule has 2 rings (SSSR count). The molecule has 118 valence electrons. The molecule has 2 heterocycles. The molecule has 2 saturated heterocycles. The quantitative estimate of drug-likeness (QED) is 0.775. The number of likely N-dealkylation sites (tertiary alicyclic amines) is 1. The number of aliphatic hydroxyl groups is 1. The van der Waals surface area contributed by atoms with Crippen LogP contribution in [0.3, 0.4) is 0 Å². The Labute approximate surface area is 123 Å². The largest absolute Gasteiger partial charge is 0.393 e. The normalized spacial score (nSPS) is 31.1. The molecular weight excluding hydrogens is 252 g/mol. The van der Waals surface area contributed by atoms with Crippen molar-refractivity contribution in [2.75, 3.05) is 39.4 Å². The van der Waals surface area contributed by atoms with Crippen molar-refractivity contribution in [2.45, 2.75) is 52.2 Å². The van der Waals surface area contributed by atoms with Gasteiger partial charge in [-0.15, -0.1) is 0 Å². The van der Waals surface area contributed by atoms with Crippen LogP contribution >= 0.6 is 0 Å². The van der Waals surface area contributed by atoms with Gasteiger partial charge in [-0.1, -0.05) is 13.8 Å². The molecule has 2 atom stereocenters. The van der Waals surface area contributed by atoms with Gasteiger partial charge in [0.05, 0.1) is 12.7 Å². The highest BCUT2D eigenvalue weighted by Gasteiger charge is 2.37. The molecule has 2 N–H and O–H groups in total. The molecule has 0 aromatic rings. The Morgan fingerprint density at radius 2 is 2.00 bits per heavy atom. The van der Waals surface area contributed by atoms with E-state index in [9.17, 15) is 5.11 Å². The van der Waals surface area contributed by atoms with Gasteiger partial charge in [0.2, 0.25) is 0 Å². The van der Waals surface area contributed by atoms with Crippen molar-refractivity contribution in [1.29, 1.82) is 0 Å². The molecule has 2 aliphatic heterocycles. The molecule has 0 aromatic carbocycles. The highest BCUT2D eigenvalue weighted by atomic mass is 16.5. The highest BCUT2D eigenvalue weighted by Crippen LogP contribution is 2.31. The summed E-state index contributed by atoms with van der Waals surface area (Å²) in [5.41, 5.74) is 0.294. The molecule has 0 radical (unpaired) electrons. The predicted molar refractivity (Wildman–Crippen MR) is 81.9 cm³/mol. The molecule has 0 saturated carbocycles. The van der Waals surface area contributed by atoms with E-state index in [0.29, 0.717) is 17.4 Å². The van der Waals surface area contributed by atoms with E-state index in [-0.39, 0.29) is 6.10 Å². The van der Waals surface area contributed by atoms with Crippen LogP contribution in [0.1, 0.15) is 40.0 Å². The van der Waals surface area contributed by atoms with E-state index in [4.69, 9.17) is 4.74 Å². The van der Waals surface area contributed by atoms with Crippen LogP contribution in [0.15, 0.2) is 0 Å². The van der Waals surface area contributed by atoms with E-state index in [1.165, 1.54) is 6.42 Å². The number of aliphatic hydroxyl groups excluding tert-OH is 1. The van der Waals surface area contributed by atoms with E-state index in [1.807, 2.05) is 6.92 Å². The number of nitrogens with one attached hydrogen (secondary N) is 1. The third-order valence-electron chi connectivity index (χ3n) is 4.94. The van der Waals surface area contributed by atoms with Crippen LogP contribution in [0.2, 0.25) is 0 Å². The van der Waals surface area contributed by atoms with Gasteiger partial charge in [0.15, 0.2) is 0 Å². The number of rotatable bonds is 6. The van der Waals surface area contributed by atoms with E-state index in [2.05, 4.69) is 24.1 Å². The van der Waals surface area contributed by atoms with Gasteiger partial charge in [-0.2, -0.15) is 0 Å². The Hall–Kier alpha value is -0.160. The second kappa shape index (κ2) is 7.21. The van der Waals surface area contributed by atoms with Crippen molar-refractivity contribution in [2.24, 2.45) is 11.3 Å². The molecule has 2 unspecified atom stereocenters. The average Bonchev–Trinajstić information content (AvgIpc) is 2.86. The van der Waals surface area contributed by atoms with Crippen molar-refractivity contribution >= 4 is 0 Å². The first-order valence-corrected chi connectivity index (χ1v) is 8.22. The van der Waals surface area contributed by atoms with Gasteiger partial charge in [-0.05, 0) is 45.2 Å². The molecule has 0 aliphatic carbocycles. The minimum Gasteiger partial charge on any atom is -0.393 e. The van der Waals surface area contributed by atoms with Gasteiger partial charge < -0.3 is 20.1 Å². The fourth-order valence-corrected chi connectivity index (χ4v) is 3.46. The minimum atomic E-state index is -0.150. The number of piperidine rings is 1. The van der Waals surface area contributed by atoms with Crippen molar-refractivity contribution in [3.05, 3.63) is 0 Å². The lowest BCUT2D eigenvalue weighted by Gasteiger charge is -2.39. The Balaban J connectivity index is 1.83. The summed E-state index contributed by atoms with van der Waals surface area (Å²) in [5.74, 6) is 0.496. The zero-order valence-electron chi connectivity index (χ0n) is 13.4. The summed E-state index contributed by atoms with van der Waals surface area (Å²) >= 11 is 0. The fraction of sp³-hybridized carbons (Fsp3) is 1.00. The van der Waals surface area contributed by atoms with Gasteiger partial charge >= 0.3 is 0 Å². The predicted octanol–water partition coefficient (Wildman–Crippen LogP) is 1.48. The van der Waals surface area contributed by atoms with Crippen LogP contribution in [-0.2, 0) is 4.74 Å². The Morgan fingerprint density at radius 1 is 1.30 bits per heavy atom. The molecule has 20 heavy (non-hydrogen) atoms. The molecule has 0 bridgehead atoms. The van der Waals surface area contributed by atoms with Gasteiger partial charge in [0, 0.05) is 31.2 Å². The van der Waals surface area contributed by atoms with E-state index < -0.39 is 0 Å². The van der Waals surface area contributed by atoms with Crippen LogP contribution in [0.4, 0.5) is 0 Å². The maximum absolute atomic E-state index is 9.70. The zero-order chi connectivity index (χ0) is 14.6. The average molecular weight is 284 g/mol. The molecule has 4 heteroatoms. The maximum atomic E-state index is 9.70. The van der Waals surface area contributed by atoms with E-state index in [1.54, 1.807) is 0 Å². The van der Waals surface area contributed by atoms with Crippen LogP contribution in [0, 0.1) is 11.3 Å². The maximum Gasteiger partial charge on any atom is 0.0547 e. The van der Waals surface area contributed by atoms with Crippen molar-refractivity contribution in [3.8, 4) is 0 Å². The summed E-state index contributed by atoms with van der Waals surface area (Å²) in [6.07, 6.45) is 3.28. The fourth-order valence-electron chi connectivity index (χ4n) is 3.46. The minimum absolute atomic E-state index is 0.150.